The van der Waals surface area contributed by atoms with Crippen molar-refractivity contribution in [2.45, 2.75) is 45.4 Å². The van der Waals surface area contributed by atoms with Crippen LogP contribution in [0.1, 0.15) is 56.0 Å². The van der Waals surface area contributed by atoms with E-state index in [9.17, 15) is 9.59 Å². The van der Waals surface area contributed by atoms with Crippen LogP contribution in [0.15, 0.2) is 60.3 Å². The molecule has 0 aromatic heterocycles. The Bertz CT molecular complexity index is 960. The number of ether oxygens (including phenoxy) is 2. The maximum absolute atomic E-state index is 12.5. The number of unbranched alkanes of at least 4 members (excludes halogenated alkanes) is 2. The van der Waals surface area contributed by atoms with E-state index in [0.717, 1.165) is 36.4 Å². The van der Waals surface area contributed by atoms with E-state index >= 15 is 0 Å². The fraction of sp³-hybridized carbons (Fsp3) is 0.385. The van der Waals surface area contributed by atoms with Gasteiger partial charge in [-0.2, -0.15) is 0 Å². The highest BCUT2D eigenvalue weighted by Gasteiger charge is 2.38. The van der Waals surface area contributed by atoms with Gasteiger partial charge in [-0.3, -0.25) is 4.79 Å². The number of anilines is 1. The van der Waals surface area contributed by atoms with Crippen LogP contribution < -0.4 is 9.64 Å². The normalized spacial score (nSPS) is 15.6. The highest BCUT2D eigenvalue weighted by molar-refractivity contribution is 5.96. The lowest BCUT2D eigenvalue weighted by molar-refractivity contribution is -0.117. The lowest BCUT2D eigenvalue weighted by atomic mass is 9.83. The molecule has 1 aliphatic rings. The van der Waals surface area contributed by atoms with E-state index in [-0.39, 0.29) is 17.8 Å². The highest BCUT2D eigenvalue weighted by Crippen LogP contribution is 2.46. The number of allylic oxidation sites excluding steroid dienone is 1. The number of fused-ring (bicyclic) bond motifs is 1. The molecule has 1 aliphatic heterocycles. The second-order valence-corrected chi connectivity index (χ2v) is 8.35. The zero-order valence-electron chi connectivity index (χ0n) is 18.8. The Hall–Kier alpha value is -3.08. The van der Waals surface area contributed by atoms with Crippen LogP contribution in [0.5, 0.6) is 5.75 Å². The van der Waals surface area contributed by atoms with Gasteiger partial charge < -0.3 is 14.4 Å². The SMILES string of the molecule is CCCCCOc1ccc(C(=O)OCC(=O)C=C2N(C)c3ccccc3C2(C)C)cc1. The summed E-state index contributed by atoms with van der Waals surface area (Å²) in [5, 5.41) is 0. The zero-order valence-corrected chi connectivity index (χ0v) is 18.8. The first kappa shape index (κ1) is 22.6. The maximum atomic E-state index is 12.5. The Balaban J connectivity index is 1.57. The summed E-state index contributed by atoms with van der Waals surface area (Å²) in [7, 11) is 1.95. The number of hydrogen-bond acceptors (Lipinski definition) is 5. The fourth-order valence-corrected chi connectivity index (χ4v) is 3.90. The summed E-state index contributed by atoms with van der Waals surface area (Å²) in [5.41, 5.74) is 3.25. The summed E-state index contributed by atoms with van der Waals surface area (Å²) in [6, 6.07) is 14.9. The Morgan fingerprint density at radius 3 is 2.42 bits per heavy atom. The summed E-state index contributed by atoms with van der Waals surface area (Å²) >= 11 is 0. The Morgan fingerprint density at radius 1 is 1.03 bits per heavy atom. The first-order valence-corrected chi connectivity index (χ1v) is 10.8. The number of ketones is 1. The molecule has 0 bridgehead atoms. The van der Waals surface area contributed by atoms with Gasteiger partial charge in [-0.05, 0) is 42.3 Å². The van der Waals surface area contributed by atoms with Crippen molar-refractivity contribution in [3.8, 4) is 5.75 Å². The molecule has 0 saturated carbocycles. The second kappa shape index (κ2) is 9.82. The second-order valence-electron chi connectivity index (χ2n) is 8.35. The lowest BCUT2D eigenvalue weighted by Gasteiger charge is -2.23. The molecular formula is C26H31NO4. The molecule has 3 rings (SSSR count). The zero-order chi connectivity index (χ0) is 22.4. The first-order valence-electron chi connectivity index (χ1n) is 10.8. The topological polar surface area (TPSA) is 55.8 Å². The van der Waals surface area contributed by atoms with E-state index < -0.39 is 5.97 Å². The van der Waals surface area contributed by atoms with Crippen molar-refractivity contribution in [3.63, 3.8) is 0 Å². The molecular weight excluding hydrogens is 390 g/mol. The maximum Gasteiger partial charge on any atom is 0.338 e. The van der Waals surface area contributed by atoms with Gasteiger partial charge in [0.25, 0.3) is 0 Å². The molecule has 0 spiro atoms. The number of para-hydroxylation sites is 1. The molecule has 2 aromatic rings. The van der Waals surface area contributed by atoms with E-state index in [1.165, 1.54) is 5.56 Å². The molecule has 0 amide bonds. The van der Waals surface area contributed by atoms with E-state index in [1.54, 1.807) is 30.3 Å². The fourth-order valence-electron chi connectivity index (χ4n) is 3.90. The monoisotopic (exact) mass is 421 g/mol. The van der Waals surface area contributed by atoms with E-state index in [0.29, 0.717) is 12.2 Å². The van der Waals surface area contributed by atoms with Gasteiger partial charge in [0.05, 0.1) is 12.2 Å². The van der Waals surface area contributed by atoms with Crippen molar-refractivity contribution >= 4 is 17.4 Å². The summed E-state index contributed by atoms with van der Waals surface area (Å²) in [6.45, 7) is 6.69. The lowest BCUT2D eigenvalue weighted by Crippen LogP contribution is -2.25. The molecule has 1 heterocycles. The summed E-state index contributed by atoms with van der Waals surface area (Å²) in [4.78, 5) is 26.9. The number of nitrogens with zero attached hydrogens (tertiary/aromatic N) is 1. The number of benzene rings is 2. The van der Waals surface area contributed by atoms with Gasteiger partial charge in [0.15, 0.2) is 12.4 Å². The first-order chi connectivity index (χ1) is 14.8. The number of likely N-dealkylation sites (N-methyl/N-ethyl adjacent to an activating group) is 1. The molecule has 31 heavy (non-hydrogen) atoms. The van der Waals surface area contributed by atoms with Gasteiger partial charge in [0, 0.05) is 29.9 Å². The smallest absolute Gasteiger partial charge is 0.338 e. The van der Waals surface area contributed by atoms with Crippen molar-refractivity contribution in [2.24, 2.45) is 0 Å². The number of rotatable bonds is 9. The third kappa shape index (κ3) is 5.16. The van der Waals surface area contributed by atoms with Crippen LogP contribution in [0.4, 0.5) is 5.69 Å². The standard InChI is InChI=1S/C26H31NO4/c1-5-6-9-16-30-21-14-12-19(13-15-21)25(29)31-18-20(28)17-24-26(2,3)22-10-7-8-11-23(22)27(24)4/h7-8,10-15,17H,5-6,9,16,18H2,1-4H3. The number of carbonyl (C=O) groups is 2. The molecule has 0 radical (unpaired) electrons. The molecule has 0 unspecified atom stereocenters. The molecule has 5 heteroatoms. The molecule has 0 fully saturated rings. The molecule has 0 atom stereocenters. The van der Waals surface area contributed by atoms with E-state index in [2.05, 4.69) is 26.8 Å². The summed E-state index contributed by atoms with van der Waals surface area (Å²) < 4.78 is 10.9. The van der Waals surface area contributed by atoms with Crippen LogP contribution in [0, 0.1) is 0 Å². The van der Waals surface area contributed by atoms with Crippen LogP contribution in [0.25, 0.3) is 0 Å². The molecule has 0 N–H and O–H groups in total. The Labute approximate surface area is 184 Å². The van der Waals surface area contributed by atoms with Gasteiger partial charge in [-0.25, -0.2) is 4.79 Å². The largest absolute Gasteiger partial charge is 0.494 e. The minimum atomic E-state index is -0.522. The predicted molar refractivity (Wildman–Crippen MR) is 123 cm³/mol. The minimum absolute atomic E-state index is 0.244. The molecule has 0 aliphatic carbocycles. The van der Waals surface area contributed by atoms with Crippen molar-refractivity contribution in [1.29, 1.82) is 0 Å². The third-order valence-electron chi connectivity index (χ3n) is 5.69. The van der Waals surface area contributed by atoms with Gasteiger partial charge in [-0.15, -0.1) is 0 Å². The number of carbonyl (C=O) groups excluding carboxylic acids is 2. The van der Waals surface area contributed by atoms with Gasteiger partial charge >= 0.3 is 5.97 Å². The molecule has 0 saturated heterocycles. The Kier molecular flexibility index (Phi) is 7.16. The summed E-state index contributed by atoms with van der Waals surface area (Å²) in [5.74, 6) is -0.0434. The van der Waals surface area contributed by atoms with Crippen molar-refractivity contribution in [2.75, 3.05) is 25.2 Å². The summed E-state index contributed by atoms with van der Waals surface area (Å²) in [6.07, 6.45) is 4.87. The van der Waals surface area contributed by atoms with Crippen LogP contribution >= 0.6 is 0 Å². The quantitative estimate of drug-likeness (QED) is 0.313. The number of esters is 1. The molecule has 5 nitrogen and oxygen atoms in total. The van der Waals surface area contributed by atoms with E-state index in [1.807, 2.05) is 30.1 Å². The van der Waals surface area contributed by atoms with Crippen molar-refractivity contribution in [1.82, 2.24) is 0 Å². The molecule has 2 aromatic carbocycles. The number of hydrogen-bond donors (Lipinski definition) is 0. The average Bonchev–Trinajstić information content (AvgIpc) is 2.96. The van der Waals surface area contributed by atoms with Crippen LogP contribution in [-0.2, 0) is 14.9 Å². The van der Waals surface area contributed by atoms with Crippen LogP contribution in [-0.4, -0.2) is 32.0 Å². The van der Waals surface area contributed by atoms with Gasteiger partial charge in [0.2, 0.25) is 0 Å². The highest BCUT2D eigenvalue weighted by atomic mass is 16.5. The average molecular weight is 422 g/mol. The molecule has 164 valence electrons. The minimum Gasteiger partial charge on any atom is -0.494 e. The van der Waals surface area contributed by atoms with Crippen molar-refractivity contribution in [3.05, 3.63) is 71.4 Å². The predicted octanol–water partition coefficient (Wildman–Crippen LogP) is 5.29. The van der Waals surface area contributed by atoms with Gasteiger partial charge in [-0.1, -0.05) is 51.8 Å². The Morgan fingerprint density at radius 2 is 1.74 bits per heavy atom. The van der Waals surface area contributed by atoms with Gasteiger partial charge in [0.1, 0.15) is 5.75 Å². The van der Waals surface area contributed by atoms with Crippen LogP contribution in [0.2, 0.25) is 0 Å². The van der Waals surface area contributed by atoms with Crippen LogP contribution in [0.3, 0.4) is 0 Å². The van der Waals surface area contributed by atoms with E-state index in [4.69, 9.17) is 9.47 Å². The van der Waals surface area contributed by atoms with Crippen molar-refractivity contribution < 1.29 is 19.1 Å². The third-order valence-corrected chi connectivity index (χ3v) is 5.69.